The fraction of sp³-hybridized carbons (Fsp3) is 0.368. The van der Waals surface area contributed by atoms with Gasteiger partial charge in [0.2, 0.25) is 0 Å². The van der Waals surface area contributed by atoms with Gasteiger partial charge in [-0.1, -0.05) is 31.2 Å². The van der Waals surface area contributed by atoms with E-state index < -0.39 is 0 Å². The highest BCUT2D eigenvalue weighted by Gasteiger charge is 2.09. The molecule has 0 bridgehead atoms. The smallest absolute Gasteiger partial charge is 0.161 e. The summed E-state index contributed by atoms with van der Waals surface area (Å²) in [6.07, 6.45) is 0.859. The second-order valence-electron chi connectivity index (χ2n) is 5.53. The van der Waals surface area contributed by atoms with Crippen LogP contribution in [-0.2, 0) is 13.2 Å². The highest BCUT2D eigenvalue weighted by Crippen LogP contribution is 2.29. The molecule has 1 atom stereocenters. The molecule has 0 fully saturated rings. The maximum absolute atomic E-state index is 13.6. The molecule has 0 radical (unpaired) electrons. The molecule has 0 saturated heterocycles. The van der Waals surface area contributed by atoms with Gasteiger partial charge in [-0.15, -0.1) is 0 Å². The average Bonchev–Trinajstić information content (AvgIpc) is 2.62. The predicted octanol–water partition coefficient (Wildman–Crippen LogP) is 3.27. The summed E-state index contributed by atoms with van der Waals surface area (Å²) in [6.45, 7) is 2.90. The van der Waals surface area contributed by atoms with Gasteiger partial charge >= 0.3 is 0 Å². The minimum atomic E-state index is -0.285. The Balaban J connectivity index is 2.02. The largest absolute Gasteiger partial charge is 0.493 e. The fourth-order valence-electron chi connectivity index (χ4n) is 2.31. The Labute approximate surface area is 142 Å². The van der Waals surface area contributed by atoms with Crippen LogP contribution >= 0.6 is 0 Å². The number of methoxy groups -OCH3 is 1. The lowest BCUT2D eigenvalue weighted by Crippen LogP contribution is -2.31. The molecule has 4 nitrogen and oxygen atoms in total. The maximum Gasteiger partial charge on any atom is 0.161 e. The lowest BCUT2D eigenvalue weighted by Gasteiger charge is -2.16. The van der Waals surface area contributed by atoms with Crippen molar-refractivity contribution in [2.75, 3.05) is 13.7 Å². The zero-order chi connectivity index (χ0) is 17.4. The maximum atomic E-state index is 13.6. The molecule has 0 aromatic heterocycles. The fourth-order valence-corrected chi connectivity index (χ4v) is 2.31. The van der Waals surface area contributed by atoms with Crippen LogP contribution in [0.1, 0.15) is 24.5 Å². The lowest BCUT2D eigenvalue weighted by atomic mass is 10.1. The first-order chi connectivity index (χ1) is 11.7. The number of hydrogen-bond acceptors (Lipinski definition) is 4. The van der Waals surface area contributed by atoms with Crippen LogP contribution in [0.25, 0.3) is 0 Å². The van der Waals surface area contributed by atoms with Gasteiger partial charge in [-0.05, 0) is 30.2 Å². The number of ether oxygens (including phenoxy) is 2. The number of nitrogens with one attached hydrogen (secondary N) is 1. The molecule has 0 saturated carbocycles. The van der Waals surface area contributed by atoms with Crippen LogP contribution < -0.4 is 14.8 Å². The van der Waals surface area contributed by atoms with E-state index in [4.69, 9.17) is 9.47 Å². The van der Waals surface area contributed by atoms with Crippen LogP contribution in [0.3, 0.4) is 0 Å². The summed E-state index contributed by atoms with van der Waals surface area (Å²) in [5.74, 6) is 0.883. The number of hydrogen-bond donors (Lipinski definition) is 2. The molecule has 24 heavy (non-hydrogen) atoms. The van der Waals surface area contributed by atoms with Crippen molar-refractivity contribution in [2.24, 2.45) is 0 Å². The van der Waals surface area contributed by atoms with Crippen LogP contribution in [0, 0.1) is 5.82 Å². The first-order valence-corrected chi connectivity index (χ1v) is 8.05. The summed E-state index contributed by atoms with van der Waals surface area (Å²) in [5, 5.41) is 12.5. The first-order valence-electron chi connectivity index (χ1n) is 8.05. The Kier molecular flexibility index (Phi) is 7.03. The Morgan fingerprint density at radius 1 is 1.17 bits per heavy atom. The third kappa shape index (κ3) is 4.94. The molecular formula is C19H24FNO3. The molecule has 0 aliphatic rings. The average molecular weight is 333 g/mol. The minimum Gasteiger partial charge on any atom is -0.493 e. The number of benzene rings is 2. The van der Waals surface area contributed by atoms with Gasteiger partial charge < -0.3 is 19.9 Å². The minimum absolute atomic E-state index is 0.0768. The van der Waals surface area contributed by atoms with Crippen molar-refractivity contribution in [3.8, 4) is 11.5 Å². The van der Waals surface area contributed by atoms with Gasteiger partial charge in [-0.3, -0.25) is 0 Å². The molecule has 0 heterocycles. The van der Waals surface area contributed by atoms with Crippen LogP contribution in [-0.4, -0.2) is 24.9 Å². The van der Waals surface area contributed by atoms with Gasteiger partial charge in [0.05, 0.1) is 13.7 Å². The second-order valence-corrected chi connectivity index (χ2v) is 5.53. The molecule has 2 rings (SSSR count). The topological polar surface area (TPSA) is 50.7 Å². The van der Waals surface area contributed by atoms with Crippen molar-refractivity contribution in [1.29, 1.82) is 0 Å². The number of rotatable bonds is 9. The van der Waals surface area contributed by atoms with E-state index >= 15 is 0 Å². The van der Waals surface area contributed by atoms with Gasteiger partial charge in [-0.2, -0.15) is 0 Å². The third-order valence-electron chi connectivity index (χ3n) is 3.88. The van der Waals surface area contributed by atoms with Crippen LogP contribution in [0.5, 0.6) is 11.5 Å². The van der Waals surface area contributed by atoms with Gasteiger partial charge in [0.1, 0.15) is 12.4 Å². The van der Waals surface area contributed by atoms with Gasteiger partial charge in [0, 0.05) is 18.2 Å². The van der Waals surface area contributed by atoms with Gasteiger partial charge in [0.15, 0.2) is 11.5 Å². The zero-order valence-electron chi connectivity index (χ0n) is 14.1. The summed E-state index contributed by atoms with van der Waals surface area (Å²) in [7, 11) is 1.57. The Hall–Kier alpha value is -2.11. The second kappa shape index (κ2) is 9.25. The van der Waals surface area contributed by atoms with E-state index in [9.17, 15) is 9.50 Å². The molecule has 0 aliphatic carbocycles. The molecule has 2 aromatic carbocycles. The Morgan fingerprint density at radius 2 is 1.96 bits per heavy atom. The van der Waals surface area contributed by atoms with Crippen molar-refractivity contribution >= 4 is 0 Å². The number of aliphatic hydroxyl groups is 1. The van der Waals surface area contributed by atoms with Gasteiger partial charge in [0.25, 0.3) is 0 Å². The summed E-state index contributed by atoms with van der Waals surface area (Å²) in [5.41, 5.74) is 1.52. The normalized spacial score (nSPS) is 12.0. The summed E-state index contributed by atoms with van der Waals surface area (Å²) in [6, 6.07) is 12.2. The quantitative estimate of drug-likeness (QED) is 0.739. The molecule has 2 aromatic rings. The van der Waals surface area contributed by atoms with E-state index in [-0.39, 0.29) is 25.1 Å². The van der Waals surface area contributed by atoms with Crippen molar-refractivity contribution in [1.82, 2.24) is 5.32 Å². The SMILES string of the molecule is CC[C@H](CO)NCc1ccc(OCc2ccccc2F)c(OC)c1. The molecule has 0 aliphatic heterocycles. The number of halogens is 1. The lowest BCUT2D eigenvalue weighted by molar-refractivity contribution is 0.238. The third-order valence-corrected chi connectivity index (χ3v) is 3.88. The van der Waals surface area contributed by atoms with Crippen LogP contribution in [0.15, 0.2) is 42.5 Å². The first kappa shape index (κ1) is 18.2. The van der Waals surface area contributed by atoms with E-state index in [0.717, 1.165) is 12.0 Å². The molecular weight excluding hydrogens is 309 g/mol. The summed E-state index contributed by atoms with van der Waals surface area (Å²) < 4.78 is 24.7. The summed E-state index contributed by atoms with van der Waals surface area (Å²) in [4.78, 5) is 0. The van der Waals surface area contributed by atoms with Gasteiger partial charge in [-0.25, -0.2) is 4.39 Å². The standard InChI is InChI=1S/C19H24FNO3/c1-3-16(12-22)21-11-14-8-9-18(19(10-14)23-2)24-13-15-6-4-5-7-17(15)20/h4-10,16,21-22H,3,11-13H2,1-2H3/t16-/m1/s1. The van der Waals surface area contributed by atoms with Crippen molar-refractivity contribution in [3.63, 3.8) is 0 Å². The zero-order valence-corrected chi connectivity index (χ0v) is 14.1. The summed E-state index contributed by atoms with van der Waals surface area (Å²) >= 11 is 0. The van der Waals surface area contributed by atoms with Crippen molar-refractivity contribution in [3.05, 3.63) is 59.4 Å². The van der Waals surface area contributed by atoms with Crippen LogP contribution in [0.2, 0.25) is 0 Å². The van der Waals surface area contributed by atoms with E-state index in [0.29, 0.717) is 23.6 Å². The predicted molar refractivity (Wildman–Crippen MR) is 91.7 cm³/mol. The van der Waals surface area contributed by atoms with Crippen molar-refractivity contribution in [2.45, 2.75) is 32.5 Å². The molecule has 0 spiro atoms. The highest BCUT2D eigenvalue weighted by molar-refractivity contribution is 5.43. The number of aliphatic hydroxyl groups excluding tert-OH is 1. The van der Waals surface area contributed by atoms with E-state index in [1.807, 2.05) is 25.1 Å². The highest BCUT2D eigenvalue weighted by atomic mass is 19.1. The molecule has 0 amide bonds. The van der Waals surface area contributed by atoms with E-state index in [2.05, 4.69) is 5.32 Å². The Morgan fingerprint density at radius 3 is 2.62 bits per heavy atom. The van der Waals surface area contributed by atoms with Crippen molar-refractivity contribution < 1.29 is 19.0 Å². The Bertz CT molecular complexity index is 644. The van der Waals surface area contributed by atoms with E-state index in [1.165, 1.54) is 6.07 Å². The molecule has 0 unspecified atom stereocenters. The molecule has 2 N–H and O–H groups in total. The van der Waals surface area contributed by atoms with E-state index in [1.54, 1.807) is 25.3 Å². The molecule has 130 valence electrons. The monoisotopic (exact) mass is 333 g/mol. The molecule has 5 heteroatoms. The van der Waals surface area contributed by atoms with Crippen LogP contribution in [0.4, 0.5) is 4.39 Å².